The van der Waals surface area contributed by atoms with Crippen LogP contribution in [0, 0.1) is 5.41 Å². The van der Waals surface area contributed by atoms with Gasteiger partial charge in [-0.15, -0.1) is 0 Å². The molecular weight excluding hydrogens is 276 g/mol. The number of nitrogens with one attached hydrogen (secondary N) is 2. The van der Waals surface area contributed by atoms with Gasteiger partial charge >= 0.3 is 0 Å². The molecule has 1 saturated carbocycles. The van der Waals surface area contributed by atoms with Crippen molar-refractivity contribution in [2.45, 2.75) is 45.4 Å². The van der Waals surface area contributed by atoms with Gasteiger partial charge in [0.1, 0.15) is 0 Å². The number of carbonyl (C=O) groups is 2. The average molecular weight is 302 g/mol. The summed E-state index contributed by atoms with van der Waals surface area (Å²) >= 11 is 0. The standard InChI is InChI=1S/C18H26N2O2/c1-17(2,3)16(22)19-12-15(21)20-13-18(10-7-11-18)14-8-5-4-6-9-14/h4-6,8-9H,7,10-13H2,1-3H3,(H,19,22)(H,20,21). The van der Waals surface area contributed by atoms with Gasteiger partial charge in [-0.2, -0.15) is 0 Å². The van der Waals surface area contributed by atoms with Crippen molar-refractivity contribution < 1.29 is 9.59 Å². The summed E-state index contributed by atoms with van der Waals surface area (Å²) in [6.45, 7) is 6.18. The summed E-state index contributed by atoms with van der Waals surface area (Å²) in [4.78, 5) is 23.7. The quantitative estimate of drug-likeness (QED) is 0.877. The van der Waals surface area contributed by atoms with Crippen LogP contribution in [0.25, 0.3) is 0 Å². The molecular formula is C18H26N2O2. The van der Waals surface area contributed by atoms with Crippen molar-refractivity contribution in [1.82, 2.24) is 10.6 Å². The maximum Gasteiger partial charge on any atom is 0.239 e. The molecule has 0 aromatic heterocycles. The van der Waals surface area contributed by atoms with Crippen LogP contribution in [0.1, 0.15) is 45.6 Å². The lowest BCUT2D eigenvalue weighted by Gasteiger charge is -2.42. The molecule has 0 bridgehead atoms. The highest BCUT2D eigenvalue weighted by Gasteiger charge is 2.38. The number of amides is 2. The van der Waals surface area contributed by atoms with Gasteiger partial charge in [0.15, 0.2) is 0 Å². The van der Waals surface area contributed by atoms with Crippen molar-refractivity contribution in [2.24, 2.45) is 5.41 Å². The first-order valence-electron chi connectivity index (χ1n) is 7.94. The van der Waals surface area contributed by atoms with E-state index in [0.29, 0.717) is 6.54 Å². The second-order valence-electron chi connectivity index (χ2n) is 7.21. The van der Waals surface area contributed by atoms with Gasteiger partial charge in [0, 0.05) is 17.4 Å². The van der Waals surface area contributed by atoms with Crippen LogP contribution in [0.4, 0.5) is 0 Å². The van der Waals surface area contributed by atoms with Gasteiger partial charge in [0.2, 0.25) is 11.8 Å². The number of hydrogen-bond donors (Lipinski definition) is 2. The van der Waals surface area contributed by atoms with E-state index in [1.807, 2.05) is 39.0 Å². The lowest BCUT2D eigenvalue weighted by atomic mass is 9.64. The van der Waals surface area contributed by atoms with Gasteiger partial charge in [0.25, 0.3) is 0 Å². The minimum atomic E-state index is -0.473. The Hall–Kier alpha value is -1.84. The number of benzene rings is 1. The van der Waals surface area contributed by atoms with Crippen molar-refractivity contribution in [3.05, 3.63) is 35.9 Å². The Morgan fingerprint density at radius 3 is 2.23 bits per heavy atom. The molecule has 4 heteroatoms. The van der Waals surface area contributed by atoms with Crippen molar-refractivity contribution in [1.29, 1.82) is 0 Å². The molecule has 1 fully saturated rings. The molecule has 0 radical (unpaired) electrons. The zero-order chi connectivity index (χ0) is 16.2. The van der Waals surface area contributed by atoms with Gasteiger partial charge in [-0.3, -0.25) is 9.59 Å². The Kier molecular flexibility index (Phi) is 4.89. The van der Waals surface area contributed by atoms with Gasteiger partial charge in [-0.25, -0.2) is 0 Å². The molecule has 2 amide bonds. The molecule has 4 nitrogen and oxygen atoms in total. The lowest BCUT2D eigenvalue weighted by Crippen LogP contribution is -2.48. The van der Waals surface area contributed by atoms with E-state index < -0.39 is 5.41 Å². The fraction of sp³-hybridized carbons (Fsp3) is 0.556. The van der Waals surface area contributed by atoms with Crippen LogP contribution in [-0.4, -0.2) is 24.9 Å². The Labute approximate surface area is 132 Å². The third kappa shape index (κ3) is 3.87. The van der Waals surface area contributed by atoms with Crippen molar-refractivity contribution >= 4 is 11.8 Å². The molecule has 1 aliphatic rings. The van der Waals surface area contributed by atoms with Crippen molar-refractivity contribution in [3.8, 4) is 0 Å². The largest absolute Gasteiger partial charge is 0.354 e. The van der Waals surface area contributed by atoms with Crippen LogP contribution in [0.15, 0.2) is 30.3 Å². The van der Waals surface area contributed by atoms with E-state index in [4.69, 9.17) is 0 Å². The number of hydrogen-bond acceptors (Lipinski definition) is 2. The highest BCUT2D eigenvalue weighted by molar-refractivity contribution is 5.87. The Morgan fingerprint density at radius 2 is 1.73 bits per heavy atom. The molecule has 0 saturated heterocycles. The Bertz CT molecular complexity index is 528. The lowest BCUT2D eigenvalue weighted by molar-refractivity contribution is -0.131. The average Bonchev–Trinajstić information content (AvgIpc) is 2.43. The van der Waals surface area contributed by atoms with E-state index in [1.165, 1.54) is 12.0 Å². The first kappa shape index (κ1) is 16.5. The predicted molar refractivity (Wildman–Crippen MR) is 87.4 cm³/mol. The molecule has 0 aliphatic heterocycles. The summed E-state index contributed by atoms with van der Waals surface area (Å²) in [6, 6.07) is 10.4. The monoisotopic (exact) mass is 302 g/mol. The Morgan fingerprint density at radius 1 is 1.09 bits per heavy atom. The van der Waals surface area contributed by atoms with E-state index in [2.05, 4.69) is 22.8 Å². The topological polar surface area (TPSA) is 58.2 Å². The van der Waals surface area contributed by atoms with E-state index in [0.717, 1.165) is 12.8 Å². The second kappa shape index (κ2) is 6.51. The molecule has 0 unspecified atom stereocenters. The molecule has 2 N–H and O–H groups in total. The molecule has 0 spiro atoms. The van der Waals surface area contributed by atoms with Gasteiger partial charge in [-0.1, -0.05) is 57.5 Å². The maximum absolute atomic E-state index is 12.0. The highest BCUT2D eigenvalue weighted by Crippen LogP contribution is 2.43. The fourth-order valence-corrected chi connectivity index (χ4v) is 2.72. The van der Waals surface area contributed by atoms with Crippen LogP contribution in [0.5, 0.6) is 0 Å². The molecule has 0 atom stereocenters. The minimum Gasteiger partial charge on any atom is -0.354 e. The Balaban J connectivity index is 1.84. The van der Waals surface area contributed by atoms with Crippen molar-refractivity contribution in [2.75, 3.05) is 13.1 Å². The van der Waals surface area contributed by atoms with Crippen LogP contribution < -0.4 is 10.6 Å². The molecule has 2 rings (SSSR count). The number of rotatable bonds is 5. The van der Waals surface area contributed by atoms with Crippen molar-refractivity contribution in [3.63, 3.8) is 0 Å². The van der Waals surface area contributed by atoms with E-state index in [1.54, 1.807) is 0 Å². The predicted octanol–water partition coefficient (Wildman–Crippen LogP) is 2.39. The normalized spacial score (nSPS) is 16.5. The van der Waals surface area contributed by atoms with Crippen LogP contribution in [0.2, 0.25) is 0 Å². The van der Waals surface area contributed by atoms with Gasteiger partial charge in [-0.05, 0) is 18.4 Å². The summed E-state index contributed by atoms with van der Waals surface area (Å²) in [5.41, 5.74) is 0.894. The molecule has 1 aromatic carbocycles. The third-order valence-corrected chi connectivity index (χ3v) is 4.41. The van der Waals surface area contributed by atoms with Crippen LogP contribution in [0.3, 0.4) is 0 Å². The molecule has 120 valence electrons. The molecule has 1 aromatic rings. The van der Waals surface area contributed by atoms with Gasteiger partial charge in [0.05, 0.1) is 6.54 Å². The van der Waals surface area contributed by atoms with Gasteiger partial charge < -0.3 is 10.6 Å². The third-order valence-electron chi connectivity index (χ3n) is 4.41. The first-order valence-corrected chi connectivity index (χ1v) is 7.94. The van der Waals surface area contributed by atoms with E-state index in [9.17, 15) is 9.59 Å². The SMILES string of the molecule is CC(C)(C)C(=O)NCC(=O)NCC1(c2ccccc2)CCC1. The highest BCUT2D eigenvalue weighted by atomic mass is 16.2. The van der Waals surface area contributed by atoms with Crippen LogP contribution in [-0.2, 0) is 15.0 Å². The van der Waals surface area contributed by atoms with E-state index in [-0.39, 0.29) is 23.8 Å². The summed E-state index contributed by atoms with van der Waals surface area (Å²) in [5.74, 6) is -0.233. The smallest absolute Gasteiger partial charge is 0.239 e. The molecule has 1 aliphatic carbocycles. The van der Waals surface area contributed by atoms with E-state index >= 15 is 0 Å². The zero-order valence-corrected chi connectivity index (χ0v) is 13.7. The first-order chi connectivity index (χ1) is 10.3. The molecule has 22 heavy (non-hydrogen) atoms. The fourth-order valence-electron chi connectivity index (χ4n) is 2.72. The molecule has 0 heterocycles. The number of carbonyl (C=O) groups excluding carboxylic acids is 2. The zero-order valence-electron chi connectivity index (χ0n) is 13.7. The maximum atomic E-state index is 12.0. The summed E-state index contributed by atoms with van der Waals surface area (Å²) < 4.78 is 0. The summed E-state index contributed by atoms with van der Waals surface area (Å²) in [5, 5.41) is 5.66. The summed E-state index contributed by atoms with van der Waals surface area (Å²) in [6.07, 6.45) is 3.41. The van der Waals surface area contributed by atoms with Crippen LogP contribution >= 0.6 is 0 Å². The second-order valence-corrected chi connectivity index (χ2v) is 7.21. The minimum absolute atomic E-state index is 0.0426. The summed E-state index contributed by atoms with van der Waals surface area (Å²) in [7, 11) is 0.